The molecule has 4 aromatic carbocycles. The molecule has 5 aromatic rings. The molecule has 2 atom stereocenters. The fourth-order valence-electron chi connectivity index (χ4n) is 4.60. The number of benzene rings is 4. The summed E-state index contributed by atoms with van der Waals surface area (Å²) in [6.07, 6.45) is 0.375. The Morgan fingerprint density at radius 1 is 0.868 bits per heavy atom. The topological polar surface area (TPSA) is 68.5 Å². The van der Waals surface area contributed by atoms with Crippen molar-refractivity contribution in [2.45, 2.75) is 24.0 Å². The third-order valence-corrected chi connectivity index (χ3v) is 7.73. The average Bonchev–Trinajstić information content (AvgIpc) is 3.27. The van der Waals surface area contributed by atoms with E-state index >= 15 is 0 Å². The van der Waals surface area contributed by atoms with Gasteiger partial charge in [-0.25, -0.2) is 8.78 Å². The highest BCUT2D eigenvalue weighted by atomic mass is 32.2. The highest BCUT2D eigenvalue weighted by Crippen LogP contribution is 2.36. The number of aryl methyl sites for hydroxylation is 1. The molecule has 0 spiro atoms. The predicted molar refractivity (Wildman–Crippen MR) is 142 cm³/mol. The molecule has 0 amide bonds. The van der Waals surface area contributed by atoms with E-state index < -0.39 is 40.5 Å². The number of hydrogen-bond donors (Lipinski definition) is 1. The Bertz CT molecular complexity index is 1700. The quantitative estimate of drug-likeness (QED) is 0.240. The molecule has 0 radical (unpaired) electrons. The number of aliphatic hydroxyl groups is 1. The van der Waals surface area contributed by atoms with Crippen LogP contribution in [-0.4, -0.2) is 30.8 Å². The van der Waals surface area contributed by atoms with Gasteiger partial charge in [-0.1, -0.05) is 60.2 Å². The SMILES string of the molecule is Cc1ccc(S(=O)(=O)OC[C@@H](O)[C@H](c2cccc(F)c2)n2cc(-c3cccc(F)c3)c3ccccc32)cc1. The van der Waals surface area contributed by atoms with E-state index in [4.69, 9.17) is 4.18 Å². The first-order valence-electron chi connectivity index (χ1n) is 12.0. The van der Waals surface area contributed by atoms with Gasteiger partial charge < -0.3 is 9.67 Å². The Balaban J connectivity index is 1.57. The molecule has 0 saturated heterocycles. The molecule has 8 heteroatoms. The van der Waals surface area contributed by atoms with Gasteiger partial charge in [0.1, 0.15) is 17.7 Å². The lowest BCUT2D eigenvalue weighted by molar-refractivity contribution is 0.0784. The molecule has 0 bridgehead atoms. The summed E-state index contributed by atoms with van der Waals surface area (Å²) in [6.45, 7) is 1.27. The lowest BCUT2D eigenvalue weighted by Crippen LogP contribution is -2.30. The maximum atomic E-state index is 14.3. The van der Waals surface area contributed by atoms with Crippen molar-refractivity contribution in [1.29, 1.82) is 0 Å². The molecule has 5 nitrogen and oxygen atoms in total. The number of para-hydroxylation sites is 1. The van der Waals surface area contributed by atoms with Crippen molar-refractivity contribution in [2.75, 3.05) is 6.61 Å². The van der Waals surface area contributed by atoms with Crippen LogP contribution in [0.3, 0.4) is 0 Å². The minimum atomic E-state index is -4.15. The highest BCUT2D eigenvalue weighted by molar-refractivity contribution is 7.86. The van der Waals surface area contributed by atoms with Crippen molar-refractivity contribution in [3.05, 3.63) is 126 Å². The normalized spacial score (nSPS) is 13.5. The molecule has 1 heterocycles. The second-order valence-corrected chi connectivity index (χ2v) is 10.7. The van der Waals surface area contributed by atoms with E-state index in [0.29, 0.717) is 22.2 Å². The van der Waals surface area contributed by atoms with E-state index in [1.165, 1.54) is 42.5 Å². The van der Waals surface area contributed by atoms with Gasteiger partial charge in [-0.3, -0.25) is 4.18 Å². The minimum absolute atomic E-state index is 0.0302. The molecule has 38 heavy (non-hydrogen) atoms. The zero-order valence-corrected chi connectivity index (χ0v) is 21.3. The summed E-state index contributed by atoms with van der Waals surface area (Å²) in [6, 6.07) is 24.6. The summed E-state index contributed by atoms with van der Waals surface area (Å²) in [5.74, 6) is -0.898. The Hall–Kier alpha value is -3.85. The third kappa shape index (κ3) is 5.24. The molecule has 0 aliphatic rings. The highest BCUT2D eigenvalue weighted by Gasteiger charge is 2.28. The van der Waals surface area contributed by atoms with Crippen LogP contribution in [0.1, 0.15) is 17.2 Å². The summed E-state index contributed by atoms with van der Waals surface area (Å²) < 4.78 is 61.0. The smallest absolute Gasteiger partial charge is 0.297 e. The molecule has 1 N–H and O–H groups in total. The zero-order valence-electron chi connectivity index (χ0n) is 20.5. The molecule has 0 unspecified atom stereocenters. The molecule has 0 saturated carbocycles. The second kappa shape index (κ2) is 10.5. The fraction of sp³-hybridized carbons (Fsp3) is 0.133. The molecule has 0 fully saturated rings. The predicted octanol–water partition coefficient (Wildman–Crippen LogP) is 6.25. The van der Waals surface area contributed by atoms with Crippen LogP contribution < -0.4 is 0 Å². The molecular formula is C30H25F2NO4S. The van der Waals surface area contributed by atoms with Crippen LogP contribution in [0.25, 0.3) is 22.0 Å². The van der Waals surface area contributed by atoms with E-state index in [2.05, 4.69) is 0 Å². The van der Waals surface area contributed by atoms with Crippen molar-refractivity contribution in [3.63, 3.8) is 0 Å². The number of hydrogen-bond acceptors (Lipinski definition) is 4. The summed E-state index contributed by atoms with van der Waals surface area (Å²) in [5, 5.41) is 12.1. The van der Waals surface area contributed by atoms with E-state index in [1.807, 2.05) is 31.2 Å². The Morgan fingerprint density at radius 2 is 1.55 bits per heavy atom. The summed E-state index contributed by atoms with van der Waals surface area (Å²) in [7, 11) is -4.15. The molecular weight excluding hydrogens is 508 g/mol. The van der Waals surface area contributed by atoms with Gasteiger partial charge in [-0.15, -0.1) is 0 Å². The van der Waals surface area contributed by atoms with Crippen LogP contribution in [0.2, 0.25) is 0 Å². The number of fused-ring (bicyclic) bond motifs is 1. The largest absolute Gasteiger partial charge is 0.388 e. The molecule has 194 valence electrons. The fourth-order valence-corrected chi connectivity index (χ4v) is 5.53. The van der Waals surface area contributed by atoms with Crippen LogP contribution in [0, 0.1) is 18.6 Å². The number of aromatic nitrogens is 1. The lowest BCUT2D eigenvalue weighted by Gasteiger charge is -2.26. The van der Waals surface area contributed by atoms with Crippen molar-refractivity contribution >= 4 is 21.0 Å². The number of halogens is 2. The Kier molecular flexibility index (Phi) is 7.12. The van der Waals surface area contributed by atoms with Gasteiger partial charge in [-0.05, 0) is 60.5 Å². The van der Waals surface area contributed by atoms with Gasteiger partial charge in [0.2, 0.25) is 0 Å². The summed E-state index contributed by atoms with van der Waals surface area (Å²) >= 11 is 0. The van der Waals surface area contributed by atoms with Gasteiger partial charge in [0.25, 0.3) is 10.1 Å². The van der Waals surface area contributed by atoms with Crippen LogP contribution in [-0.2, 0) is 14.3 Å². The Labute approximate surface area is 219 Å². The first-order valence-corrected chi connectivity index (χ1v) is 13.4. The molecule has 0 aliphatic heterocycles. The second-order valence-electron chi connectivity index (χ2n) is 9.10. The maximum absolute atomic E-state index is 14.3. The monoisotopic (exact) mass is 533 g/mol. The maximum Gasteiger partial charge on any atom is 0.297 e. The standard InChI is InChI=1S/C30H25F2NO4S/c1-20-12-14-25(15-13-20)38(35,36)37-19-29(34)30(22-7-5-9-24(32)17-22)33-18-27(21-6-4-8-23(31)16-21)26-10-2-3-11-28(26)33/h2-18,29-30,34H,19H2,1H3/t29-,30+/m1/s1. The van der Waals surface area contributed by atoms with Crippen LogP contribution in [0.5, 0.6) is 0 Å². The minimum Gasteiger partial charge on any atom is -0.388 e. The third-order valence-electron chi connectivity index (χ3n) is 6.43. The summed E-state index contributed by atoms with van der Waals surface area (Å²) in [4.78, 5) is -0.0302. The van der Waals surface area contributed by atoms with Gasteiger partial charge in [0, 0.05) is 22.7 Å². The first kappa shape index (κ1) is 25.8. The van der Waals surface area contributed by atoms with E-state index in [9.17, 15) is 22.3 Å². The molecule has 5 rings (SSSR count). The van der Waals surface area contributed by atoms with E-state index in [1.54, 1.807) is 41.1 Å². The van der Waals surface area contributed by atoms with Crippen molar-refractivity contribution in [3.8, 4) is 11.1 Å². The Morgan fingerprint density at radius 3 is 2.26 bits per heavy atom. The lowest BCUT2D eigenvalue weighted by atomic mass is 10.0. The van der Waals surface area contributed by atoms with Crippen molar-refractivity contribution in [2.24, 2.45) is 0 Å². The van der Waals surface area contributed by atoms with Crippen LogP contribution >= 0.6 is 0 Å². The van der Waals surface area contributed by atoms with Crippen LogP contribution in [0.4, 0.5) is 8.78 Å². The van der Waals surface area contributed by atoms with Gasteiger partial charge in [-0.2, -0.15) is 8.42 Å². The van der Waals surface area contributed by atoms with Gasteiger partial charge >= 0.3 is 0 Å². The average molecular weight is 534 g/mol. The number of nitrogens with zero attached hydrogens (tertiary/aromatic N) is 1. The molecule has 1 aromatic heterocycles. The number of rotatable bonds is 8. The summed E-state index contributed by atoms with van der Waals surface area (Å²) in [5.41, 5.74) is 3.35. The van der Waals surface area contributed by atoms with E-state index in [-0.39, 0.29) is 4.90 Å². The van der Waals surface area contributed by atoms with Gasteiger partial charge in [0.15, 0.2) is 0 Å². The van der Waals surface area contributed by atoms with E-state index in [0.717, 1.165) is 10.9 Å². The van der Waals surface area contributed by atoms with Crippen molar-refractivity contribution in [1.82, 2.24) is 4.57 Å². The van der Waals surface area contributed by atoms with Crippen LogP contribution in [0.15, 0.2) is 108 Å². The molecule has 0 aliphatic carbocycles. The number of aliphatic hydroxyl groups excluding tert-OH is 1. The first-order chi connectivity index (χ1) is 18.2. The van der Waals surface area contributed by atoms with Gasteiger partial charge in [0.05, 0.1) is 17.5 Å². The van der Waals surface area contributed by atoms with Crippen molar-refractivity contribution < 1.29 is 26.5 Å². The zero-order chi connectivity index (χ0) is 26.9.